The zero-order valence-corrected chi connectivity index (χ0v) is 17.0. The number of nitrogens with zero attached hydrogens (tertiary/aromatic N) is 2. The van der Waals surface area contributed by atoms with Crippen LogP contribution in [0.5, 0.6) is 0 Å². The van der Waals surface area contributed by atoms with Crippen LogP contribution in [0.15, 0.2) is 33.9 Å². The lowest BCUT2D eigenvalue weighted by atomic mass is 10.1. The van der Waals surface area contributed by atoms with Crippen molar-refractivity contribution >= 4 is 17.9 Å². The third-order valence-corrected chi connectivity index (χ3v) is 4.51. The highest BCUT2D eigenvalue weighted by Gasteiger charge is 2.27. The number of ether oxygens (including phenoxy) is 1. The van der Waals surface area contributed by atoms with Crippen molar-refractivity contribution in [2.24, 2.45) is 5.92 Å². The number of benzene rings is 1. The summed E-state index contributed by atoms with van der Waals surface area (Å²) < 4.78 is 11.1. The minimum Gasteiger partial charge on any atom is -0.444 e. The summed E-state index contributed by atoms with van der Waals surface area (Å²) in [6.45, 7) is 11.5. The molecule has 1 N–H and O–H groups in total. The second kappa shape index (κ2) is 8.58. The maximum absolute atomic E-state index is 12.1. The predicted octanol–water partition coefficient (Wildman–Crippen LogP) is 4.89. The lowest BCUT2D eigenvalue weighted by Crippen LogP contribution is -2.37. The second-order valence-electron chi connectivity index (χ2n) is 7.49. The van der Waals surface area contributed by atoms with Crippen LogP contribution in [0.4, 0.5) is 4.79 Å². The highest BCUT2D eigenvalue weighted by Crippen LogP contribution is 2.27. The molecule has 1 atom stereocenters. The number of hydrogen-bond donors (Lipinski definition) is 1. The minimum atomic E-state index is -0.561. The van der Waals surface area contributed by atoms with Gasteiger partial charge in [-0.25, -0.2) is 4.79 Å². The number of aryl methyl sites for hydroxylation is 1. The third-order valence-electron chi connectivity index (χ3n) is 3.64. The van der Waals surface area contributed by atoms with Crippen molar-refractivity contribution in [1.82, 2.24) is 15.5 Å². The van der Waals surface area contributed by atoms with E-state index in [0.29, 0.717) is 11.1 Å². The van der Waals surface area contributed by atoms with Gasteiger partial charge in [0.15, 0.2) is 0 Å². The summed E-state index contributed by atoms with van der Waals surface area (Å²) in [5.74, 6) is 1.22. The molecule has 1 aromatic heterocycles. The third kappa shape index (κ3) is 6.05. The number of hydrogen-bond acceptors (Lipinski definition) is 6. The van der Waals surface area contributed by atoms with Gasteiger partial charge in [0.2, 0.25) is 5.89 Å². The molecule has 0 fully saturated rings. The molecule has 142 valence electrons. The first-order chi connectivity index (χ1) is 12.2. The van der Waals surface area contributed by atoms with E-state index < -0.39 is 17.7 Å². The number of carbonyl (C=O) groups is 1. The largest absolute Gasteiger partial charge is 0.444 e. The molecule has 0 saturated carbocycles. The Morgan fingerprint density at radius 1 is 1.27 bits per heavy atom. The topological polar surface area (TPSA) is 77.2 Å². The molecule has 1 amide bonds. The van der Waals surface area contributed by atoms with Gasteiger partial charge in [-0.05, 0) is 44.7 Å². The van der Waals surface area contributed by atoms with E-state index in [9.17, 15) is 4.79 Å². The molecule has 0 saturated heterocycles. The summed E-state index contributed by atoms with van der Waals surface area (Å²) in [6, 6.07) is 7.80. The van der Waals surface area contributed by atoms with Gasteiger partial charge in [-0.1, -0.05) is 49.9 Å². The molecule has 26 heavy (non-hydrogen) atoms. The van der Waals surface area contributed by atoms with Gasteiger partial charge in [-0.2, -0.15) is 0 Å². The van der Waals surface area contributed by atoms with Gasteiger partial charge in [-0.15, -0.1) is 10.2 Å². The van der Waals surface area contributed by atoms with Gasteiger partial charge >= 0.3 is 6.09 Å². The average molecular weight is 378 g/mol. The Kier molecular flexibility index (Phi) is 6.69. The van der Waals surface area contributed by atoms with Crippen molar-refractivity contribution in [3.63, 3.8) is 0 Å². The van der Waals surface area contributed by atoms with E-state index >= 15 is 0 Å². The highest BCUT2D eigenvalue weighted by molar-refractivity contribution is 7.98. The van der Waals surface area contributed by atoms with Crippen LogP contribution in [-0.4, -0.2) is 21.9 Å². The van der Waals surface area contributed by atoms with Gasteiger partial charge in [0, 0.05) is 5.75 Å². The fraction of sp³-hybridized carbons (Fsp3) is 0.526. The standard InChI is InChI=1S/C19H27N3O3S/c1-12(2)15(20-17(23)25-19(4,5)6)16-21-22-18(24-16)26-11-14-10-8-7-9-13(14)3/h7-10,12,15H,11H2,1-6H3,(H,20,23)/t15-/m0/s1. The van der Waals surface area contributed by atoms with E-state index in [2.05, 4.69) is 34.6 Å². The Morgan fingerprint density at radius 3 is 2.58 bits per heavy atom. The molecule has 0 spiro atoms. The van der Waals surface area contributed by atoms with Crippen molar-refractivity contribution < 1.29 is 13.9 Å². The Balaban J connectivity index is 2.02. The molecule has 0 aliphatic rings. The van der Waals surface area contributed by atoms with Crippen LogP contribution in [-0.2, 0) is 10.5 Å². The highest BCUT2D eigenvalue weighted by atomic mass is 32.2. The van der Waals surface area contributed by atoms with Gasteiger partial charge in [0.1, 0.15) is 11.6 Å². The normalized spacial score (nSPS) is 12.9. The van der Waals surface area contributed by atoms with Crippen molar-refractivity contribution in [3.8, 4) is 0 Å². The maximum atomic E-state index is 12.1. The first kappa shape index (κ1) is 20.3. The molecule has 1 heterocycles. The molecule has 0 aliphatic carbocycles. The number of aromatic nitrogens is 2. The predicted molar refractivity (Wildman–Crippen MR) is 102 cm³/mol. The van der Waals surface area contributed by atoms with E-state index in [1.807, 2.05) is 46.8 Å². The zero-order chi connectivity index (χ0) is 19.3. The smallest absolute Gasteiger partial charge is 0.408 e. The van der Waals surface area contributed by atoms with Crippen molar-refractivity contribution in [2.75, 3.05) is 0 Å². The number of thioether (sulfide) groups is 1. The summed E-state index contributed by atoms with van der Waals surface area (Å²) in [7, 11) is 0. The van der Waals surface area contributed by atoms with Gasteiger partial charge in [0.05, 0.1) is 0 Å². The number of amides is 1. The molecular formula is C19H27N3O3S. The average Bonchev–Trinajstić information content (AvgIpc) is 2.98. The van der Waals surface area contributed by atoms with E-state index in [-0.39, 0.29) is 5.92 Å². The second-order valence-corrected chi connectivity index (χ2v) is 8.42. The summed E-state index contributed by atoms with van der Waals surface area (Å²) in [6.07, 6.45) is -0.497. The first-order valence-electron chi connectivity index (χ1n) is 8.66. The minimum absolute atomic E-state index is 0.0807. The summed E-state index contributed by atoms with van der Waals surface area (Å²) >= 11 is 1.48. The molecule has 6 nitrogen and oxygen atoms in total. The van der Waals surface area contributed by atoms with Crippen LogP contribution < -0.4 is 5.32 Å². The Hall–Kier alpha value is -2.02. The monoisotopic (exact) mass is 377 g/mol. The molecule has 0 bridgehead atoms. The molecule has 2 aromatic rings. The van der Waals surface area contributed by atoms with Crippen LogP contribution in [0.2, 0.25) is 0 Å². The van der Waals surface area contributed by atoms with Crippen LogP contribution in [0, 0.1) is 12.8 Å². The van der Waals surface area contributed by atoms with Crippen molar-refractivity contribution in [3.05, 3.63) is 41.3 Å². The molecule has 2 rings (SSSR count). The molecule has 0 unspecified atom stereocenters. The molecule has 0 radical (unpaired) electrons. The summed E-state index contributed by atoms with van der Waals surface area (Å²) in [5.41, 5.74) is 1.89. The van der Waals surface area contributed by atoms with E-state index in [4.69, 9.17) is 9.15 Å². The quantitative estimate of drug-likeness (QED) is 0.722. The maximum Gasteiger partial charge on any atom is 0.408 e. The first-order valence-corrected chi connectivity index (χ1v) is 9.64. The van der Waals surface area contributed by atoms with Gasteiger partial charge in [-0.3, -0.25) is 0 Å². The lowest BCUT2D eigenvalue weighted by molar-refractivity contribution is 0.0477. The number of alkyl carbamates (subject to hydrolysis) is 1. The molecular weight excluding hydrogens is 350 g/mol. The van der Waals surface area contributed by atoms with E-state index in [0.717, 1.165) is 5.75 Å². The zero-order valence-electron chi connectivity index (χ0n) is 16.2. The van der Waals surface area contributed by atoms with Crippen molar-refractivity contribution in [1.29, 1.82) is 0 Å². The van der Waals surface area contributed by atoms with Crippen LogP contribution in [0.1, 0.15) is 57.7 Å². The van der Waals surface area contributed by atoms with E-state index in [1.54, 1.807) is 0 Å². The van der Waals surface area contributed by atoms with E-state index in [1.165, 1.54) is 22.9 Å². The van der Waals surface area contributed by atoms with Gasteiger partial charge < -0.3 is 14.5 Å². The Bertz CT molecular complexity index is 738. The number of rotatable bonds is 6. The lowest BCUT2D eigenvalue weighted by Gasteiger charge is -2.23. The van der Waals surface area contributed by atoms with Crippen molar-refractivity contribution in [2.45, 2.75) is 64.2 Å². The fourth-order valence-electron chi connectivity index (χ4n) is 2.26. The SMILES string of the molecule is Cc1ccccc1CSc1nnc([C@@H](NC(=O)OC(C)(C)C)C(C)C)o1. The summed E-state index contributed by atoms with van der Waals surface area (Å²) in [5, 5.41) is 11.5. The Morgan fingerprint density at radius 2 is 1.96 bits per heavy atom. The molecule has 7 heteroatoms. The molecule has 1 aromatic carbocycles. The Labute approximate surface area is 159 Å². The fourth-order valence-corrected chi connectivity index (χ4v) is 3.11. The van der Waals surface area contributed by atoms with Crippen LogP contribution in [0.25, 0.3) is 0 Å². The van der Waals surface area contributed by atoms with Crippen LogP contribution >= 0.6 is 11.8 Å². The van der Waals surface area contributed by atoms with Crippen LogP contribution in [0.3, 0.4) is 0 Å². The summed E-state index contributed by atoms with van der Waals surface area (Å²) in [4.78, 5) is 12.1. The van der Waals surface area contributed by atoms with Gasteiger partial charge in [0.25, 0.3) is 5.22 Å². The number of nitrogens with one attached hydrogen (secondary N) is 1. The molecule has 0 aliphatic heterocycles. The number of carbonyl (C=O) groups excluding carboxylic acids is 1.